The van der Waals surface area contributed by atoms with Gasteiger partial charge >= 0.3 is 6.03 Å². The molecule has 0 fully saturated rings. The van der Waals surface area contributed by atoms with E-state index in [1.54, 1.807) is 7.05 Å². The summed E-state index contributed by atoms with van der Waals surface area (Å²) in [7, 11) is 1.57. The molecule has 2 N–H and O–H groups in total. The van der Waals surface area contributed by atoms with Gasteiger partial charge in [-0.05, 0) is 32.3 Å². The Morgan fingerprint density at radius 3 is 2.92 bits per heavy atom. The van der Waals surface area contributed by atoms with Crippen LogP contribution in [0.15, 0.2) is 16.8 Å². The van der Waals surface area contributed by atoms with Crippen LogP contribution in [0.5, 0.6) is 0 Å². The third kappa shape index (κ3) is 3.27. The fraction of sp³-hybridized carbons (Fsp3) is 0.556. The van der Waals surface area contributed by atoms with E-state index < -0.39 is 0 Å². The van der Waals surface area contributed by atoms with Crippen LogP contribution >= 0.6 is 0 Å². The Morgan fingerprint density at radius 1 is 1.54 bits per heavy atom. The van der Waals surface area contributed by atoms with Crippen molar-refractivity contribution < 1.29 is 4.79 Å². The first-order chi connectivity index (χ1) is 6.22. The number of hydrazone groups is 1. The Kier molecular flexibility index (Phi) is 3.49. The predicted molar refractivity (Wildman–Crippen MR) is 52.6 cm³/mol. The number of carbonyl (C=O) groups is 1. The SMILES string of the molecule is CNC(=O)N/N=C1/C=C(C)CCC1. The van der Waals surface area contributed by atoms with E-state index in [0.29, 0.717) is 0 Å². The minimum atomic E-state index is -0.274. The second-order valence-corrected chi connectivity index (χ2v) is 3.14. The molecule has 0 aromatic rings. The standard InChI is InChI=1S/C9H15N3O/c1-7-4-3-5-8(6-7)11-12-9(13)10-2/h6H,3-5H2,1-2H3,(H2,10,12,13)/b11-8+. The van der Waals surface area contributed by atoms with Gasteiger partial charge in [-0.3, -0.25) is 0 Å². The lowest BCUT2D eigenvalue weighted by Crippen LogP contribution is -2.29. The molecule has 0 saturated carbocycles. The summed E-state index contributed by atoms with van der Waals surface area (Å²) < 4.78 is 0. The van der Waals surface area contributed by atoms with E-state index in [-0.39, 0.29) is 6.03 Å². The summed E-state index contributed by atoms with van der Waals surface area (Å²) in [6.45, 7) is 2.08. The molecule has 0 radical (unpaired) electrons. The number of amides is 2. The summed E-state index contributed by atoms with van der Waals surface area (Å²) in [6.07, 6.45) is 5.23. The monoisotopic (exact) mass is 181 g/mol. The van der Waals surface area contributed by atoms with E-state index in [4.69, 9.17) is 0 Å². The summed E-state index contributed by atoms with van der Waals surface area (Å²) in [5.74, 6) is 0. The number of nitrogens with zero attached hydrogens (tertiary/aromatic N) is 1. The van der Waals surface area contributed by atoms with Crippen LogP contribution in [0.25, 0.3) is 0 Å². The molecule has 1 aliphatic rings. The van der Waals surface area contributed by atoms with Gasteiger partial charge in [-0.25, -0.2) is 10.2 Å². The summed E-state index contributed by atoms with van der Waals surface area (Å²) in [4.78, 5) is 10.8. The van der Waals surface area contributed by atoms with Gasteiger partial charge in [-0.2, -0.15) is 5.10 Å². The van der Waals surface area contributed by atoms with E-state index in [1.807, 2.05) is 6.08 Å². The molecule has 2 amide bonds. The van der Waals surface area contributed by atoms with Crippen LogP contribution in [-0.4, -0.2) is 18.8 Å². The Bertz CT molecular complexity index is 256. The molecule has 4 heteroatoms. The quantitative estimate of drug-likeness (QED) is 0.590. The molecule has 0 aliphatic heterocycles. The molecule has 0 aromatic heterocycles. The van der Waals surface area contributed by atoms with Crippen molar-refractivity contribution in [2.45, 2.75) is 26.2 Å². The van der Waals surface area contributed by atoms with Crippen LogP contribution in [0.2, 0.25) is 0 Å². The first kappa shape index (κ1) is 9.77. The Labute approximate surface area is 78.1 Å². The third-order valence-electron chi connectivity index (χ3n) is 1.95. The second kappa shape index (κ2) is 4.64. The zero-order chi connectivity index (χ0) is 9.68. The molecule has 0 unspecified atom stereocenters. The van der Waals surface area contributed by atoms with E-state index in [2.05, 4.69) is 22.8 Å². The topological polar surface area (TPSA) is 53.5 Å². The van der Waals surface area contributed by atoms with Crippen molar-refractivity contribution in [1.82, 2.24) is 10.7 Å². The van der Waals surface area contributed by atoms with E-state index in [1.165, 1.54) is 5.57 Å². The Hall–Kier alpha value is -1.32. The number of hydrogen-bond donors (Lipinski definition) is 2. The van der Waals surface area contributed by atoms with Crippen molar-refractivity contribution >= 4 is 11.7 Å². The molecular formula is C9H15N3O. The first-order valence-corrected chi connectivity index (χ1v) is 4.44. The highest BCUT2D eigenvalue weighted by Crippen LogP contribution is 2.14. The average molecular weight is 181 g/mol. The zero-order valence-corrected chi connectivity index (χ0v) is 8.05. The predicted octanol–water partition coefficient (Wildman–Crippen LogP) is 1.40. The third-order valence-corrected chi connectivity index (χ3v) is 1.95. The summed E-state index contributed by atoms with van der Waals surface area (Å²) in [5, 5.41) is 6.42. The average Bonchev–Trinajstić information content (AvgIpc) is 2.14. The van der Waals surface area contributed by atoms with Gasteiger partial charge in [0, 0.05) is 7.05 Å². The summed E-state index contributed by atoms with van der Waals surface area (Å²) >= 11 is 0. The Balaban J connectivity index is 2.51. The van der Waals surface area contributed by atoms with Gasteiger partial charge in [0.25, 0.3) is 0 Å². The molecule has 4 nitrogen and oxygen atoms in total. The van der Waals surface area contributed by atoms with Crippen LogP contribution in [0.3, 0.4) is 0 Å². The Morgan fingerprint density at radius 2 is 2.31 bits per heavy atom. The fourth-order valence-corrected chi connectivity index (χ4v) is 1.24. The maximum Gasteiger partial charge on any atom is 0.334 e. The number of carbonyl (C=O) groups excluding carboxylic acids is 1. The van der Waals surface area contributed by atoms with Crippen molar-refractivity contribution in [3.05, 3.63) is 11.6 Å². The maximum absolute atomic E-state index is 10.8. The van der Waals surface area contributed by atoms with Crippen molar-refractivity contribution in [3.8, 4) is 0 Å². The van der Waals surface area contributed by atoms with Crippen molar-refractivity contribution in [3.63, 3.8) is 0 Å². The number of rotatable bonds is 1. The molecule has 13 heavy (non-hydrogen) atoms. The van der Waals surface area contributed by atoms with Gasteiger partial charge in [0.05, 0.1) is 5.71 Å². The molecule has 72 valence electrons. The highest BCUT2D eigenvalue weighted by Gasteiger charge is 2.05. The number of allylic oxidation sites excluding steroid dienone is 2. The smallest absolute Gasteiger partial charge is 0.334 e. The fourth-order valence-electron chi connectivity index (χ4n) is 1.24. The minimum absolute atomic E-state index is 0.274. The molecule has 0 saturated heterocycles. The molecule has 0 bridgehead atoms. The van der Waals surface area contributed by atoms with E-state index in [9.17, 15) is 4.79 Å². The zero-order valence-electron chi connectivity index (χ0n) is 8.05. The van der Waals surface area contributed by atoms with Crippen LogP contribution < -0.4 is 10.7 Å². The number of nitrogens with one attached hydrogen (secondary N) is 2. The van der Waals surface area contributed by atoms with Gasteiger partial charge in [0.15, 0.2) is 0 Å². The largest absolute Gasteiger partial charge is 0.340 e. The molecule has 0 aromatic carbocycles. The highest BCUT2D eigenvalue weighted by molar-refractivity contribution is 5.96. The van der Waals surface area contributed by atoms with E-state index in [0.717, 1.165) is 25.0 Å². The van der Waals surface area contributed by atoms with Crippen molar-refractivity contribution in [1.29, 1.82) is 0 Å². The summed E-state index contributed by atoms with van der Waals surface area (Å²) in [5.41, 5.74) is 4.69. The van der Waals surface area contributed by atoms with Gasteiger partial charge in [0.2, 0.25) is 0 Å². The van der Waals surface area contributed by atoms with Crippen molar-refractivity contribution in [2.75, 3.05) is 7.05 Å². The maximum atomic E-state index is 10.8. The molecule has 1 aliphatic carbocycles. The molecular weight excluding hydrogens is 166 g/mol. The lowest BCUT2D eigenvalue weighted by molar-refractivity contribution is 0.243. The van der Waals surface area contributed by atoms with Gasteiger partial charge < -0.3 is 5.32 Å². The van der Waals surface area contributed by atoms with Gasteiger partial charge in [0.1, 0.15) is 0 Å². The van der Waals surface area contributed by atoms with Crippen LogP contribution in [-0.2, 0) is 0 Å². The molecule has 0 atom stereocenters. The van der Waals surface area contributed by atoms with Crippen LogP contribution in [0.4, 0.5) is 4.79 Å². The lowest BCUT2D eigenvalue weighted by atomic mass is 10.00. The summed E-state index contributed by atoms with van der Waals surface area (Å²) in [6, 6.07) is -0.274. The normalized spacial score (nSPS) is 19.5. The molecule has 0 spiro atoms. The number of urea groups is 1. The van der Waals surface area contributed by atoms with Gasteiger partial charge in [-0.15, -0.1) is 0 Å². The first-order valence-electron chi connectivity index (χ1n) is 4.44. The highest BCUT2D eigenvalue weighted by atomic mass is 16.2. The van der Waals surface area contributed by atoms with Gasteiger partial charge in [-0.1, -0.05) is 5.57 Å². The minimum Gasteiger partial charge on any atom is -0.340 e. The lowest BCUT2D eigenvalue weighted by Gasteiger charge is -2.10. The van der Waals surface area contributed by atoms with E-state index >= 15 is 0 Å². The molecule has 0 heterocycles. The number of hydrogen-bond acceptors (Lipinski definition) is 2. The van der Waals surface area contributed by atoms with Crippen LogP contribution in [0.1, 0.15) is 26.2 Å². The second-order valence-electron chi connectivity index (χ2n) is 3.14. The molecule has 1 rings (SSSR count). The van der Waals surface area contributed by atoms with Crippen molar-refractivity contribution in [2.24, 2.45) is 5.10 Å². The van der Waals surface area contributed by atoms with Crippen LogP contribution in [0, 0.1) is 0 Å².